The summed E-state index contributed by atoms with van der Waals surface area (Å²) in [6, 6.07) is 44.3. The molecule has 2 aliphatic rings. The zero-order chi connectivity index (χ0) is 47.9. The van der Waals surface area contributed by atoms with Gasteiger partial charge in [-0.25, -0.2) is 0 Å². The Hall–Kier alpha value is -7.53. The van der Waals surface area contributed by atoms with Crippen LogP contribution in [-0.4, -0.2) is 4.98 Å². The Morgan fingerprint density at radius 1 is 0.768 bits per heavy atom. The van der Waals surface area contributed by atoms with Crippen LogP contribution in [0.1, 0.15) is 115 Å². The molecular formula is C68H63N. The van der Waals surface area contributed by atoms with E-state index < -0.39 is 0 Å². The van der Waals surface area contributed by atoms with Crippen molar-refractivity contribution in [2.45, 2.75) is 85.0 Å². The molecule has 0 N–H and O–H groups in total. The largest absolute Gasteiger partial charge is 0.256 e. The van der Waals surface area contributed by atoms with E-state index >= 15 is 0 Å². The van der Waals surface area contributed by atoms with Crippen LogP contribution in [0.2, 0.25) is 0 Å². The minimum absolute atomic E-state index is 0.147. The summed E-state index contributed by atoms with van der Waals surface area (Å²) < 4.78 is 0. The lowest BCUT2D eigenvalue weighted by Crippen LogP contribution is -2.28. The van der Waals surface area contributed by atoms with E-state index in [1.54, 1.807) is 0 Å². The van der Waals surface area contributed by atoms with Crippen molar-refractivity contribution >= 4 is 46.9 Å². The molecule has 1 nitrogen and oxygen atoms in total. The summed E-state index contributed by atoms with van der Waals surface area (Å²) in [6.07, 6.45) is 41.0. The summed E-state index contributed by atoms with van der Waals surface area (Å²) in [6.45, 7) is 13.5. The van der Waals surface area contributed by atoms with E-state index in [1.807, 2.05) is 12.3 Å². The summed E-state index contributed by atoms with van der Waals surface area (Å²) in [5.41, 5.74) is 20.2. The Balaban J connectivity index is 1.15. The molecule has 9 rings (SSSR count). The minimum atomic E-state index is -0.155. The summed E-state index contributed by atoms with van der Waals surface area (Å²) in [4.78, 5) is 4.68. The molecule has 2 unspecified atom stereocenters. The summed E-state index contributed by atoms with van der Waals surface area (Å²) >= 11 is 0. The second-order valence-corrected chi connectivity index (χ2v) is 19.0. The highest BCUT2D eigenvalue weighted by Gasteiger charge is 2.28. The zero-order valence-corrected chi connectivity index (χ0v) is 41.2. The summed E-state index contributed by atoms with van der Waals surface area (Å²) in [7, 11) is 0. The van der Waals surface area contributed by atoms with Gasteiger partial charge in [0.05, 0.1) is 5.52 Å². The molecule has 0 saturated heterocycles. The van der Waals surface area contributed by atoms with Crippen LogP contribution in [0, 0.1) is 26.2 Å². The molecule has 340 valence electrons. The highest BCUT2D eigenvalue weighted by Crippen LogP contribution is 2.45. The number of hydrogen-bond donors (Lipinski definition) is 0. The summed E-state index contributed by atoms with van der Waals surface area (Å²) in [5, 5.41) is 3.73. The molecule has 69 heavy (non-hydrogen) atoms. The topological polar surface area (TPSA) is 12.9 Å². The van der Waals surface area contributed by atoms with Crippen LogP contribution < -0.4 is 10.4 Å². The first-order valence-electron chi connectivity index (χ1n) is 24.8. The summed E-state index contributed by atoms with van der Waals surface area (Å²) in [5.74, 6) is 3.48. The number of hydrogen-bond acceptors (Lipinski definition) is 1. The van der Waals surface area contributed by atoms with E-state index in [1.165, 1.54) is 82.6 Å². The predicted octanol–water partition coefficient (Wildman–Crippen LogP) is 16.3. The quantitative estimate of drug-likeness (QED) is 0.0830. The second-order valence-electron chi connectivity index (χ2n) is 19.0. The number of pyridine rings is 1. The lowest BCUT2D eigenvalue weighted by atomic mass is 9.74. The molecule has 7 aromatic rings. The average Bonchev–Trinajstić information content (AvgIpc) is 3.39. The van der Waals surface area contributed by atoms with Gasteiger partial charge in [0, 0.05) is 34.0 Å². The SMILES string of the molecule is C#Cc1c(/C=C\Cc2ccc(C(/C=C\c3ccc4cccnc4c3C)=C(C)CC)cc2)c(C2C=c3ccccc3=CC2)c(/C=C\CC)c(C)c1-c1cc(-c2ccccc2)cc(C2(C)C=CC=CC2)c1. The van der Waals surface area contributed by atoms with Gasteiger partial charge in [-0.15, -0.1) is 6.42 Å². The number of benzene rings is 6. The molecule has 1 heterocycles. The van der Waals surface area contributed by atoms with E-state index in [4.69, 9.17) is 6.42 Å². The Bertz CT molecular complexity index is 3410. The highest BCUT2D eigenvalue weighted by molar-refractivity contribution is 5.90. The molecule has 6 aromatic carbocycles. The van der Waals surface area contributed by atoms with E-state index in [2.05, 4.69) is 241 Å². The average molecular weight is 894 g/mol. The van der Waals surface area contributed by atoms with Gasteiger partial charge in [0.25, 0.3) is 0 Å². The lowest BCUT2D eigenvalue weighted by Gasteiger charge is -2.30. The van der Waals surface area contributed by atoms with Crippen molar-refractivity contribution in [3.8, 4) is 34.6 Å². The molecule has 0 aliphatic heterocycles. The van der Waals surface area contributed by atoms with Crippen molar-refractivity contribution in [1.82, 2.24) is 4.98 Å². The van der Waals surface area contributed by atoms with Crippen molar-refractivity contribution in [1.29, 1.82) is 0 Å². The van der Waals surface area contributed by atoms with Crippen LogP contribution in [0.3, 0.4) is 0 Å². The molecule has 0 radical (unpaired) electrons. The fourth-order valence-corrected chi connectivity index (χ4v) is 10.4. The van der Waals surface area contributed by atoms with Crippen LogP contribution in [0.5, 0.6) is 0 Å². The molecule has 1 heteroatoms. The van der Waals surface area contributed by atoms with Gasteiger partial charge in [0.2, 0.25) is 0 Å². The van der Waals surface area contributed by atoms with Crippen LogP contribution in [-0.2, 0) is 11.8 Å². The highest BCUT2D eigenvalue weighted by atomic mass is 14.6. The molecular weight excluding hydrogens is 831 g/mol. The molecule has 0 fully saturated rings. The number of nitrogens with zero attached hydrogens (tertiary/aromatic N) is 1. The Kier molecular flexibility index (Phi) is 14.0. The van der Waals surface area contributed by atoms with Crippen molar-refractivity contribution < 1.29 is 0 Å². The fraction of sp³-hybridized carbons (Fsp3) is 0.191. The van der Waals surface area contributed by atoms with Gasteiger partial charge >= 0.3 is 0 Å². The molecule has 0 saturated carbocycles. The van der Waals surface area contributed by atoms with Crippen molar-refractivity contribution in [2.24, 2.45) is 0 Å². The number of fused-ring (bicyclic) bond motifs is 2. The van der Waals surface area contributed by atoms with Gasteiger partial charge in [-0.3, -0.25) is 4.98 Å². The first kappa shape index (κ1) is 46.6. The number of terminal acetylenes is 1. The van der Waals surface area contributed by atoms with Gasteiger partial charge in [0.1, 0.15) is 0 Å². The van der Waals surface area contributed by atoms with Crippen LogP contribution in [0.25, 0.3) is 69.1 Å². The Labute approximate surface area is 411 Å². The van der Waals surface area contributed by atoms with Gasteiger partial charge in [-0.2, -0.15) is 0 Å². The third kappa shape index (κ3) is 9.77. The predicted molar refractivity (Wildman–Crippen MR) is 299 cm³/mol. The van der Waals surface area contributed by atoms with Gasteiger partial charge in [-0.1, -0.05) is 214 Å². The molecule has 2 atom stereocenters. The normalized spacial score (nSPS) is 17.0. The number of rotatable bonds is 13. The molecule has 0 bridgehead atoms. The standard InChI is InChI=1S/C68H63N/c1-8-11-28-63-49(6)65(59-44-58(52-23-14-12-15-24-52)45-60(46-59)68(7)40-18-13-19-41-68)61(10-3)64(66(63)57-37-35-53-25-16-17-26-56(53)43-57)29-20-22-50-30-32-54(33-31-50)62(47(4)9-2)39-38-51-34-36-55-27-21-42-69-67(55)48(51)5/h3,11-21,23-36,38-40,42-46,57H,8-9,22,37,41H2,1-2,4-7H3/b28-11-,29-20-,39-38-,62-47?. The maximum Gasteiger partial charge on any atom is 0.0737 e. The first-order valence-corrected chi connectivity index (χ1v) is 24.8. The maximum absolute atomic E-state index is 6.84. The Morgan fingerprint density at radius 2 is 1.54 bits per heavy atom. The number of aryl methyl sites for hydroxylation is 1. The third-order valence-corrected chi connectivity index (χ3v) is 14.5. The molecule has 2 aliphatic carbocycles. The van der Waals surface area contributed by atoms with E-state index in [0.717, 1.165) is 59.9 Å². The van der Waals surface area contributed by atoms with Crippen LogP contribution in [0.4, 0.5) is 0 Å². The van der Waals surface area contributed by atoms with Gasteiger partial charge in [0.15, 0.2) is 0 Å². The zero-order valence-electron chi connectivity index (χ0n) is 41.2. The number of aromatic nitrogens is 1. The van der Waals surface area contributed by atoms with Gasteiger partial charge in [-0.05, 0) is 148 Å². The van der Waals surface area contributed by atoms with E-state index in [9.17, 15) is 0 Å². The smallest absolute Gasteiger partial charge is 0.0737 e. The maximum atomic E-state index is 6.84. The fourth-order valence-electron chi connectivity index (χ4n) is 10.4. The monoisotopic (exact) mass is 893 g/mol. The van der Waals surface area contributed by atoms with Crippen molar-refractivity contribution in [3.05, 3.63) is 242 Å². The number of allylic oxidation sites excluding steroid dienone is 9. The van der Waals surface area contributed by atoms with Crippen LogP contribution in [0.15, 0.2) is 176 Å². The van der Waals surface area contributed by atoms with E-state index in [0.29, 0.717) is 0 Å². The lowest BCUT2D eigenvalue weighted by molar-refractivity contribution is 0.600. The first-order chi connectivity index (χ1) is 33.7. The molecule has 0 spiro atoms. The minimum Gasteiger partial charge on any atom is -0.256 e. The van der Waals surface area contributed by atoms with Crippen LogP contribution >= 0.6 is 0 Å². The van der Waals surface area contributed by atoms with Crippen molar-refractivity contribution in [2.75, 3.05) is 0 Å². The molecule has 0 amide bonds. The second kappa shape index (κ2) is 20.8. The Morgan fingerprint density at radius 3 is 2.29 bits per heavy atom. The third-order valence-electron chi connectivity index (χ3n) is 14.5. The van der Waals surface area contributed by atoms with Gasteiger partial charge < -0.3 is 0 Å². The molecule has 1 aromatic heterocycles. The van der Waals surface area contributed by atoms with E-state index in [-0.39, 0.29) is 11.3 Å². The van der Waals surface area contributed by atoms with Crippen molar-refractivity contribution in [3.63, 3.8) is 0 Å².